The van der Waals surface area contributed by atoms with Gasteiger partial charge in [-0.05, 0) is 11.1 Å². The van der Waals surface area contributed by atoms with Gasteiger partial charge in [0.15, 0.2) is 5.78 Å². The first kappa shape index (κ1) is 16.9. The molecule has 1 aliphatic rings. The molecule has 0 aromatic heterocycles. The molecule has 0 aliphatic carbocycles. The number of benzene rings is 2. The Morgan fingerprint density at radius 3 is 2.08 bits per heavy atom. The lowest BCUT2D eigenvalue weighted by atomic mass is 10.0. The van der Waals surface area contributed by atoms with Crippen molar-refractivity contribution in [2.24, 2.45) is 0 Å². The second-order valence-electron chi connectivity index (χ2n) is 6.51. The Kier molecular flexibility index (Phi) is 5.78. The second kappa shape index (κ2) is 8.22. The third-order valence-electron chi connectivity index (χ3n) is 4.77. The van der Waals surface area contributed by atoms with Gasteiger partial charge in [0.05, 0.1) is 6.04 Å². The van der Waals surface area contributed by atoms with Gasteiger partial charge < -0.3 is 0 Å². The maximum absolute atomic E-state index is 12.5. The molecule has 1 fully saturated rings. The molecule has 3 heteroatoms. The molecule has 1 unspecified atom stereocenters. The number of nitrogens with zero attached hydrogens (tertiary/aromatic N) is 2. The van der Waals surface area contributed by atoms with Crippen molar-refractivity contribution in [2.45, 2.75) is 32.5 Å². The van der Waals surface area contributed by atoms with Gasteiger partial charge in [0.2, 0.25) is 0 Å². The monoisotopic (exact) mass is 322 g/mol. The van der Waals surface area contributed by atoms with E-state index in [0.717, 1.165) is 32.7 Å². The van der Waals surface area contributed by atoms with Crippen LogP contribution in [-0.2, 0) is 17.9 Å². The predicted molar refractivity (Wildman–Crippen MR) is 97.7 cm³/mol. The fraction of sp³-hybridized carbons (Fsp3) is 0.381. The van der Waals surface area contributed by atoms with E-state index in [9.17, 15) is 4.79 Å². The molecule has 2 aromatic rings. The van der Waals surface area contributed by atoms with Crippen molar-refractivity contribution in [3.8, 4) is 0 Å². The van der Waals surface area contributed by atoms with Gasteiger partial charge >= 0.3 is 0 Å². The largest absolute Gasteiger partial charge is 0.298 e. The van der Waals surface area contributed by atoms with E-state index in [1.54, 1.807) is 0 Å². The van der Waals surface area contributed by atoms with E-state index in [4.69, 9.17) is 0 Å². The first-order valence-electron chi connectivity index (χ1n) is 8.83. The first-order valence-corrected chi connectivity index (χ1v) is 8.83. The SMILES string of the molecule is CCC(=O)C1CN(Cc2ccccc2)CCN1Cc1ccccc1. The predicted octanol–water partition coefficient (Wildman–Crippen LogP) is 3.35. The number of rotatable bonds is 6. The van der Waals surface area contributed by atoms with Crippen LogP contribution in [0, 0.1) is 0 Å². The van der Waals surface area contributed by atoms with E-state index in [0.29, 0.717) is 12.2 Å². The minimum atomic E-state index is 0.00710. The fourth-order valence-electron chi connectivity index (χ4n) is 3.41. The highest BCUT2D eigenvalue weighted by Crippen LogP contribution is 2.18. The standard InChI is InChI=1S/C21H26N2O/c1-2-21(24)20-17-22(15-18-9-5-3-6-10-18)13-14-23(20)16-19-11-7-4-8-12-19/h3-12,20H,2,13-17H2,1H3. The molecule has 0 amide bonds. The first-order chi connectivity index (χ1) is 11.8. The molecular formula is C21H26N2O. The second-order valence-corrected chi connectivity index (χ2v) is 6.51. The van der Waals surface area contributed by atoms with Gasteiger partial charge in [0.25, 0.3) is 0 Å². The van der Waals surface area contributed by atoms with Crippen LogP contribution in [0.4, 0.5) is 0 Å². The number of carbonyl (C=O) groups excluding carboxylic acids is 1. The lowest BCUT2D eigenvalue weighted by molar-refractivity contribution is -0.126. The van der Waals surface area contributed by atoms with Crippen molar-refractivity contribution >= 4 is 5.78 Å². The van der Waals surface area contributed by atoms with Crippen LogP contribution in [0.2, 0.25) is 0 Å². The van der Waals surface area contributed by atoms with Gasteiger partial charge in [-0.2, -0.15) is 0 Å². The topological polar surface area (TPSA) is 23.6 Å². The minimum absolute atomic E-state index is 0.00710. The Hall–Kier alpha value is -1.97. The molecular weight excluding hydrogens is 296 g/mol. The number of ketones is 1. The van der Waals surface area contributed by atoms with Crippen LogP contribution < -0.4 is 0 Å². The van der Waals surface area contributed by atoms with E-state index in [1.165, 1.54) is 11.1 Å². The third-order valence-corrected chi connectivity index (χ3v) is 4.77. The van der Waals surface area contributed by atoms with Gasteiger partial charge in [-0.15, -0.1) is 0 Å². The number of carbonyl (C=O) groups is 1. The summed E-state index contributed by atoms with van der Waals surface area (Å²) >= 11 is 0. The maximum atomic E-state index is 12.5. The zero-order chi connectivity index (χ0) is 16.8. The molecule has 0 spiro atoms. The Labute approximate surface area is 144 Å². The number of hydrogen-bond donors (Lipinski definition) is 0. The van der Waals surface area contributed by atoms with Crippen molar-refractivity contribution in [3.63, 3.8) is 0 Å². The molecule has 0 radical (unpaired) electrons. The van der Waals surface area contributed by atoms with E-state index >= 15 is 0 Å². The Morgan fingerprint density at radius 1 is 0.917 bits per heavy atom. The molecule has 3 nitrogen and oxygen atoms in total. The van der Waals surface area contributed by atoms with Crippen LogP contribution in [0.1, 0.15) is 24.5 Å². The molecule has 126 valence electrons. The fourth-order valence-corrected chi connectivity index (χ4v) is 3.41. The Bertz CT molecular complexity index is 641. The summed E-state index contributed by atoms with van der Waals surface area (Å²) in [6.07, 6.45) is 0.606. The van der Waals surface area contributed by atoms with Gasteiger partial charge in [-0.3, -0.25) is 14.6 Å². The summed E-state index contributed by atoms with van der Waals surface area (Å²) in [4.78, 5) is 17.3. The Morgan fingerprint density at radius 2 is 1.50 bits per heavy atom. The van der Waals surface area contributed by atoms with Gasteiger partial charge in [-0.25, -0.2) is 0 Å². The average molecular weight is 322 g/mol. The highest BCUT2D eigenvalue weighted by molar-refractivity contribution is 5.84. The highest BCUT2D eigenvalue weighted by Gasteiger charge is 2.31. The summed E-state index contributed by atoms with van der Waals surface area (Å²) in [6.45, 7) is 6.53. The quantitative estimate of drug-likeness (QED) is 0.815. The molecule has 1 heterocycles. The van der Waals surface area contributed by atoms with Crippen molar-refractivity contribution in [1.29, 1.82) is 0 Å². The smallest absolute Gasteiger partial charge is 0.151 e. The van der Waals surface area contributed by atoms with E-state index in [1.807, 2.05) is 19.1 Å². The van der Waals surface area contributed by atoms with Crippen LogP contribution in [0.5, 0.6) is 0 Å². The van der Waals surface area contributed by atoms with Crippen molar-refractivity contribution in [2.75, 3.05) is 19.6 Å². The summed E-state index contributed by atoms with van der Waals surface area (Å²) < 4.78 is 0. The summed E-state index contributed by atoms with van der Waals surface area (Å²) in [5, 5.41) is 0. The summed E-state index contributed by atoms with van der Waals surface area (Å²) in [7, 11) is 0. The number of hydrogen-bond acceptors (Lipinski definition) is 3. The summed E-state index contributed by atoms with van der Waals surface area (Å²) in [6, 6.07) is 21.0. The molecule has 1 saturated heterocycles. The molecule has 24 heavy (non-hydrogen) atoms. The zero-order valence-electron chi connectivity index (χ0n) is 14.4. The van der Waals surface area contributed by atoms with Crippen molar-refractivity contribution in [3.05, 3.63) is 71.8 Å². The van der Waals surface area contributed by atoms with E-state index < -0.39 is 0 Å². The van der Waals surface area contributed by atoms with E-state index in [-0.39, 0.29) is 6.04 Å². The Balaban J connectivity index is 1.67. The van der Waals surface area contributed by atoms with Gasteiger partial charge in [-0.1, -0.05) is 67.6 Å². The van der Waals surface area contributed by atoms with Crippen molar-refractivity contribution < 1.29 is 4.79 Å². The van der Waals surface area contributed by atoms with Crippen LogP contribution in [0.15, 0.2) is 60.7 Å². The number of piperazine rings is 1. The lowest BCUT2D eigenvalue weighted by Crippen LogP contribution is -2.55. The minimum Gasteiger partial charge on any atom is -0.298 e. The van der Waals surface area contributed by atoms with Crippen molar-refractivity contribution in [1.82, 2.24) is 9.80 Å². The lowest BCUT2D eigenvalue weighted by Gasteiger charge is -2.40. The maximum Gasteiger partial charge on any atom is 0.151 e. The van der Waals surface area contributed by atoms with Crippen LogP contribution in [-0.4, -0.2) is 41.3 Å². The normalized spacial score (nSPS) is 19.3. The summed E-state index contributed by atoms with van der Waals surface area (Å²) in [5.41, 5.74) is 2.60. The summed E-state index contributed by atoms with van der Waals surface area (Å²) in [5.74, 6) is 0.351. The van der Waals surface area contributed by atoms with Gasteiger partial charge in [0.1, 0.15) is 0 Å². The van der Waals surface area contributed by atoms with Crippen LogP contribution in [0.25, 0.3) is 0 Å². The molecule has 0 bridgehead atoms. The highest BCUT2D eigenvalue weighted by atomic mass is 16.1. The van der Waals surface area contributed by atoms with Crippen LogP contribution in [0.3, 0.4) is 0 Å². The molecule has 0 saturated carbocycles. The van der Waals surface area contributed by atoms with E-state index in [2.05, 4.69) is 58.3 Å². The molecule has 1 atom stereocenters. The van der Waals surface area contributed by atoms with Crippen LogP contribution >= 0.6 is 0 Å². The zero-order valence-corrected chi connectivity index (χ0v) is 14.4. The van der Waals surface area contributed by atoms with Gasteiger partial charge in [0, 0.05) is 39.1 Å². The third kappa shape index (κ3) is 4.31. The molecule has 0 N–H and O–H groups in total. The molecule has 1 aliphatic heterocycles. The molecule has 3 rings (SSSR count). The average Bonchev–Trinajstić information content (AvgIpc) is 2.64. The molecule has 2 aromatic carbocycles. The number of Topliss-reactive ketones (excluding diaryl/α,β-unsaturated/α-hetero) is 1.